The molecule has 2 aromatic carbocycles. The first-order valence-corrected chi connectivity index (χ1v) is 14.6. The largest absolute Gasteiger partial charge is 0.416 e. The number of aromatic amines is 1. The summed E-state index contributed by atoms with van der Waals surface area (Å²) in [6.45, 7) is 6.33. The molecule has 8 nitrogen and oxygen atoms in total. The van der Waals surface area contributed by atoms with Crippen LogP contribution in [0.1, 0.15) is 44.0 Å². The standard InChI is InChI=1S/C29H29F3N4O4S/c1-17-25(33-18(2)26(17)28(38)36-12-10-35(3)11-13-36)15-22-21-14-20(8-9-24(21)34-27(22)37)41(39,40)16-19-6-4-5-7-23(19)29(30,31)32/h4-9,14-15,33H,10-13,16H2,1-3H3,(H,34,37)/b22-15-. The predicted molar refractivity (Wildman–Crippen MR) is 149 cm³/mol. The zero-order valence-electron chi connectivity index (χ0n) is 22.7. The van der Waals surface area contributed by atoms with Crippen molar-refractivity contribution < 1.29 is 31.2 Å². The van der Waals surface area contributed by atoms with Gasteiger partial charge in [0.25, 0.3) is 11.8 Å². The zero-order chi connectivity index (χ0) is 29.7. The van der Waals surface area contributed by atoms with Gasteiger partial charge in [-0.05, 0) is 62.4 Å². The van der Waals surface area contributed by atoms with Gasteiger partial charge in [0.05, 0.1) is 27.3 Å². The van der Waals surface area contributed by atoms with E-state index < -0.39 is 33.2 Å². The van der Waals surface area contributed by atoms with Gasteiger partial charge in [-0.2, -0.15) is 13.2 Å². The summed E-state index contributed by atoms with van der Waals surface area (Å²) < 4.78 is 66.9. The minimum atomic E-state index is -4.70. The predicted octanol–water partition coefficient (Wildman–Crippen LogP) is 4.50. The third-order valence-electron chi connectivity index (χ3n) is 7.57. The number of carbonyl (C=O) groups is 2. The van der Waals surface area contributed by atoms with E-state index in [0.717, 1.165) is 25.2 Å². The maximum Gasteiger partial charge on any atom is 0.416 e. The summed E-state index contributed by atoms with van der Waals surface area (Å²) >= 11 is 0. The van der Waals surface area contributed by atoms with Crippen molar-refractivity contribution in [3.8, 4) is 0 Å². The highest BCUT2D eigenvalue weighted by Crippen LogP contribution is 2.37. The fourth-order valence-electron chi connectivity index (χ4n) is 5.27. The molecule has 0 spiro atoms. The van der Waals surface area contributed by atoms with E-state index >= 15 is 0 Å². The monoisotopic (exact) mass is 586 g/mol. The van der Waals surface area contributed by atoms with Crippen molar-refractivity contribution in [2.75, 3.05) is 38.5 Å². The molecule has 0 unspecified atom stereocenters. The molecule has 41 heavy (non-hydrogen) atoms. The van der Waals surface area contributed by atoms with Gasteiger partial charge in [-0.3, -0.25) is 9.59 Å². The SMILES string of the molecule is Cc1[nH]c(/C=C2\C(=O)Nc3ccc(S(=O)(=O)Cc4ccccc4C(F)(F)F)cc32)c(C)c1C(=O)N1CCN(C)CC1. The molecule has 0 bridgehead atoms. The molecular formula is C29H29F3N4O4S. The molecule has 3 aromatic rings. The second-order valence-electron chi connectivity index (χ2n) is 10.4. The summed E-state index contributed by atoms with van der Waals surface area (Å²) in [5.74, 6) is -1.41. The molecule has 0 radical (unpaired) electrons. The molecule has 2 amide bonds. The first-order valence-electron chi connectivity index (χ1n) is 13.0. The number of carbonyl (C=O) groups excluding carboxylic acids is 2. The molecule has 12 heteroatoms. The Hall–Kier alpha value is -3.90. The normalized spacial score (nSPS) is 17.2. The number of amides is 2. The Bertz CT molecular complexity index is 1680. The number of alkyl halides is 3. The van der Waals surface area contributed by atoms with Gasteiger partial charge >= 0.3 is 6.18 Å². The average Bonchev–Trinajstić information content (AvgIpc) is 3.37. The number of aryl methyl sites for hydroxylation is 1. The van der Waals surface area contributed by atoms with Crippen LogP contribution in [0.2, 0.25) is 0 Å². The lowest BCUT2D eigenvalue weighted by molar-refractivity contribution is -0.138. The van der Waals surface area contributed by atoms with E-state index in [4.69, 9.17) is 0 Å². The maximum absolute atomic E-state index is 13.5. The van der Waals surface area contributed by atoms with Crippen molar-refractivity contribution in [1.82, 2.24) is 14.8 Å². The van der Waals surface area contributed by atoms with E-state index in [0.29, 0.717) is 46.9 Å². The topological polar surface area (TPSA) is 103 Å². The van der Waals surface area contributed by atoms with E-state index in [1.807, 2.05) is 7.05 Å². The number of likely N-dealkylation sites (N-methyl/N-ethyl adjacent to an activating group) is 1. The Morgan fingerprint density at radius 1 is 1.05 bits per heavy atom. The van der Waals surface area contributed by atoms with Crippen molar-refractivity contribution >= 4 is 39.0 Å². The van der Waals surface area contributed by atoms with Gasteiger partial charge < -0.3 is 20.1 Å². The van der Waals surface area contributed by atoms with Crippen LogP contribution in [-0.2, 0) is 26.6 Å². The van der Waals surface area contributed by atoms with Gasteiger partial charge in [0.2, 0.25) is 0 Å². The molecule has 2 aliphatic heterocycles. The molecular weight excluding hydrogens is 557 g/mol. The molecule has 0 aliphatic carbocycles. The highest BCUT2D eigenvalue weighted by molar-refractivity contribution is 7.90. The molecule has 2 aliphatic rings. The fourth-order valence-corrected chi connectivity index (χ4v) is 6.67. The Morgan fingerprint density at radius 3 is 2.41 bits per heavy atom. The number of anilines is 1. The summed E-state index contributed by atoms with van der Waals surface area (Å²) in [5.41, 5.74) is 1.86. The third kappa shape index (κ3) is 5.53. The lowest BCUT2D eigenvalue weighted by Crippen LogP contribution is -2.47. The van der Waals surface area contributed by atoms with Gasteiger partial charge in [0, 0.05) is 48.8 Å². The molecule has 0 atom stereocenters. The average molecular weight is 587 g/mol. The minimum Gasteiger partial charge on any atom is -0.358 e. The van der Waals surface area contributed by atoms with Crippen LogP contribution in [0.3, 0.4) is 0 Å². The number of hydrogen-bond acceptors (Lipinski definition) is 5. The maximum atomic E-state index is 13.5. The van der Waals surface area contributed by atoms with Crippen LogP contribution >= 0.6 is 0 Å². The molecule has 216 valence electrons. The second-order valence-corrected chi connectivity index (χ2v) is 12.4. The molecule has 1 aromatic heterocycles. The Labute approximate surface area is 235 Å². The smallest absolute Gasteiger partial charge is 0.358 e. The van der Waals surface area contributed by atoms with E-state index in [1.165, 1.54) is 30.3 Å². The lowest BCUT2D eigenvalue weighted by atomic mass is 10.0. The number of piperazine rings is 1. The highest BCUT2D eigenvalue weighted by atomic mass is 32.2. The van der Waals surface area contributed by atoms with Crippen LogP contribution in [0.5, 0.6) is 0 Å². The van der Waals surface area contributed by atoms with Gasteiger partial charge in [0.1, 0.15) is 0 Å². The molecule has 2 N–H and O–H groups in total. The number of nitrogens with one attached hydrogen (secondary N) is 2. The highest BCUT2D eigenvalue weighted by Gasteiger charge is 2.35. The van der Waals surface area contributed by atoms with Crippen molar-refractivity contribution in [2.45, 2.75) is 30.7 Å². The Balaban J connectivity index is 1.48. The van der Waals surface area contributed by atoms with Crippen molar-refractivity contribution in [1.29, 1.82) is 0 Å². The number of halogens is 3. The van der Waals surface area contributed by atoms with Crippen molar-refractivity contribution in [3.63, 3.8) is 0 Å². The van der Waals surface area contributed by atoms with E-state index in [1.54, 1.807) is 24.8 Å². The first kappa shape index (κ1) is 28.6. The number of H-pyrrole nitrogens is 1. The number of hydrogen-bond donors (Lipinski definition) is 2. The Kier molecular flexibility index (Phi) is 7.33. The van der Waals surface area contributed by atoms with Crippen molar-refractivity contribution in [3.05, 3.63) is 81.7 Å². The summed E-state index contributed by atoms with van der Waals surface area (Å²) in [4.78, 5) is 33.1. The van der Waals surface area contributed by atoms with Crippen molar-refractivity contribution in [2.24, 2.45) is 0 Å². The van der Waals surface area contributed by atoms with Gasteiger partial charge in [-0.25, -0.2) is 8.42 Å². The second kappa shape index (κ2) is 10.5. The number of benzene rings is 2. The van der Waals surface area contributed by atoms with E-state index in [2.05, 4.69) is 15.2 Å². The zero-order valence-corrected chi connectivity index (χ0v) is 23.5. The van der Waals surface area contributed by atoms with Crippen LogP contribution in [0, 0.1) is 13.8 Å². The summed E-state index contributed by atoms with van der Waals surface area (Å²) in [6.07, 6.45) is -3.13. The van der Waals surface area contributed by atoms with Crippen LogP contribution < -0.4 is 5.32 Å². The quantitative estimate of drug-likeness (QED) is 0.429. The van der Waals surface area contributed by atoms with Gasteiger partial charge in [0.15, 0.2) is 9.84 Å². The summed E-state index contributed by atoms with van der Waals surface area (Å²) in [6, 6.07) is 8.54. The molecule has 5 rings (SSSR count). The molecule has 3 heterocycles. The van der Waals surface area contributed by atoms with Crippen LogP contribution in [0.25, 0.3) is 11.6 Å². The third-order valence-corrected chi connectivity index (χ3v) is 9.23. The van der Waals surface area contributed by atoms with E-state index in [-0.39, 0.29) is 21.9 Å². The minimum absolute atomic E-state index is 0.0993. The number of fused-ring (bicyclic) bond motifs is 1. The van der Waals surface area contributed by atoms with Gasteiger partial charge in [-0.15, -0.1) is 0 Å². The van der Waals surface area contributed by atoms with Crippen LogP contribution in [0.15, 0.2) is 47.4 Å². The molecule has 1 saturated heterocycles. The number of rotatable bonds is 5. The number of nitrogens with zero attached hydrogens (tertiary/aromatic N) is 2. The van der Waals surface area contributed by atoms with Crippen LogP contribution in [-0.4, -0.2) is 68.2 Å². The molecule has 0 saturated carbocycles. The Morgan fingerprint density at radius 2 is 1.73 bits per heavy atom. The number of aromatic nitrogens is 1. The first-order chi connectivity index (χ1) is 19.3. The molecule has 1 fully saturated rings. The van der Waals surface area contributed by atoms with Crippen LogP contribution in [0.4, 0.5) is 18.9 Å². The lowest BCUT2D eigenvalue weighted by Gasteiger charge is -2.32. The number of sulfone groups is 1. The van der Waals surface area contributed by atoms with Gasteiger partial charge in [-0.1, -0.05) is 18.2 Å². The summed E-state index contributed by atoms with van der Waals surface area (Å²) in [7, 11) is -2.20. The summed E-state index contributed by atoms with van der Waals surface area (Å²) in [5, 5.41) is 2.70. The fraction of sp³-hybridized carbons (Fsp3) is 0.310. The van der Waals surface area contributed by atoms with E-state index in [9.17, 15) is 31.2 Å².